The number of benzene rings is 1. The molecule has 1 unspecified atom stereocenters. The molecule has 1 atom stereocenters. The number of aryl methyl sites for hydroxylation is 1. The summed E-state index contributed by atoms with van der Waals surface area (Å²) in [5, 5.41) is 6.50. The monoisotopic (exact) mass is 505 g/mol. The minimum atomic E-state index is -4.81. The molecular formula is C20H16Cl2F3N3O3S. The summed E-state index contributed by atoms with van der Waals surface area (Å²) in [6, 6.07) is 4.97. The minimum absolute atomic E-state index is 0.0235. The number of nitrogens with one attached hydrogen (secondary N) is 1. The summed E-state index contributed by atoms with van der Waals surface area (Å²) in [6.07, 6.45) is -4.15. The molecule has 0 radical (unpaired) electrons. The Morgan fingerprint density at radius 3 is 2.47 bits per heavy atom. The molecule has 0 spiro atoms. The molecular weight excluding hydrogens is 490 g/mol. The van der Waals surface area contributed by atoms with Crippen LogP contribution in [0.1, 0.15) is 33.6 Å². The number of rotatable bonds is 4. The van der Waals surface area contributed by atoms with E-state index in [0.29, 0.717) is 22.6 Å². The largest absolute Gasteiger partial charge is 0.616 e. The van der Waals surface area contributed by atoms with Gasteiger partial charge in [-0.05, 0) is 47.9 Å². The van der Waals surface area contributed by atoms with Crippen molar-refractivity contribution in [1.82, 2.24) is 10.3 Å². The molecule has 12 heteroatoms. The molecule has 4 rings (SSSR count). The summed E-state index contributed by atoms with van der Waals surface area (Å²) < 4.78 is 53.5. The molecule has 32 heavy (non-hydrogen) atoms. The van der Waals surface area contributed by atoms with Crippen LogP contribution in [0.2, 0.25) is 10.0 Å². The molecule has 1 fully saturated rings. The first kappa shape index (κ1) is 23.2. The number of hydrogen-bond donors (Lipinski definition) is 1. The Kier molecular flexibility index (Phi) is 6.08. The number of carbonyl (C=O) groups excluding carboxylic acids is 1. The van der Waals surface area contributed by atoms with Crippen LogP contribution >= 0.6 is 23.2 Å². The minimum Gasteiger partial charge on any atom is -0.616 e. The summed E-state index contributed by atoms with van der Waals surface area (Å²) in [7, 11) is 0. The third kappa shape index (κ3) is 4.28. The van der Waals surface area contributed by atoms with E-state index in [9.17, 15) is 22.5 Å². The summed E-state index contributed by atoms with van der Waals surface area (Å²) in [4.78, 5) is 21.5. The lowest BCUT2D eigenvalue weighted by atomic mass is 9.86. The zero-order chi connectivity index (χ0) is 23.3. The first-order valence-electron chi connectivity index (χ1n) is 9.40. The van der Waals surface area contributed by atoms with E-state index in [1.807, 2.05) is 0 Å². The maximum absolute atomic E-state index is 14.1. The van der Waals surface area contributed by atoms with E-state index in [0.717, 1.165) is 12.1 Å². The van der Waals surface area contributed by atoms with Gasteiger partial charge in [0.2, 0.25) is 0 Å². The van der Waals surface area contributed by atoms with E-state index in [1.54, 1.807) is 6.92 Å². The standard InChI is InChI=1S/C20H16Cl2F3N3O3S/c1-10-2-11(7-26-17(10)18(29)27-15-8-32(30)9-15)16-6-19(31-28-16,20(23,24)25)12-3-13(21)5-14(22)4-12/h2-5,7,15H,6,8-9H2,1H3,(H,27,29). The lowest BCUT2D eigenvalue weighted by Gasteiger charge is -2.29. The fourth-order valence-corrected chi connectivity index (χ4v) is 5.05. The van der Waals surface area contributed by atoms with Gasteiger partial charge in [-0.3, -0.25) is 9.78 Å². The van der Waals surface area contributed by atoms with Gasteiger partial charge in [-0.25, -0.2) is 0 Å². The Bertz CT molecular complexity index is 1090. The molecule has 0 aliphatic carbocycles. The van der Waals surface area contributed by atoms with E-state index >= 15 is 0 Å². The number of carbonyl (C=O) groups is 1. The Labute approximate surface area is 194 Å². The van der Waals surface area contributed by atoms with Crippen LogP contribution in [-0.2, 0) is 21.6 Å². The summed E-state index contributed by atoms with van der Waals surface area (Å²) in [5.74, 6) is 0.354. The Hall–Kier alpha value is -2.01. The lowest BCUT2D eigenvalue weighted by Crippen LogP contribution is -2.53. The molecule has 0 saturated carbocycles. The van der Waals surface area contributed by atoms with Gasteiger partial charge in [0.25, 0.3) is 11.5 Å². The molecule has 170 valence electrons. The van der Waals surface area contributed by atoms with Gasteiger partial charge < -0.3 is 14.7 Å². The lowest BCUT2D eigenvalue weighted by molar-refractivity contribution is -0.275. The second-order valence-corrected chi connectivity index (χ2v) is 10.0. The third-order valence-corrected chi connectivity index (χ3v) is 7.24. The first-order chi connectivity index (χ1) is 15.0. The van der Waals surface area contributed by atoms with Gasteiger partial charge in [0.15, 0.2) is 0 Å². The number of nitrogens with zero attached hydrogens (tertiary/aromatic N) is 2. The number of pyridine rings is 1. The van der Waals surface area contributed by atoms with E-state index in [4.69, 9.17) is 28.0 Å². The zero-order valence-corrected chi connectivity index (χ0v) is 18.8. The topological polar surface area (TPSA) is 86.6 Å². The number of oxime groups is 1. The summed E-state index contributed by atoms with van der Waals surface area (Å²) in [6.45, 7) is 1.62. The summed E-state index contributed by atoms with van der Waals surface area (Å²) >= 11 is 10.9. The van der Waals surface area contributed by atoms with E-state index in [-0.39, 0.29) is 33.1 Å². The average Bonchev–Trinajstić information content (AvgIpc) is 3.12. The van der Waals surface area contributed by atoms with Crippen LogP contribution in [0.15, 0.2) is 35.6 Å². The highest BCUT2D eigenvalue weighted by atomic mass is 35.5. The smallest absolute Gasteiger partial charge is 0.435 e. The van der Waals surface area contributed by atoms with Crippen molar-refractivity contribution < 1.29 is 27.4 Å². The molecule has 1 aromatic heterocycles. The van der Waals surface area contributed by atoms with Gasteiger partial charge in [0, 0.05) is 27.4 Å². The predicted molar refractivity (Wildman–Crippen MR) is 115 cm³/mol. The molecule has 3 heterocycles. The molecule has 1 N–H and O–H groups in total. The highest BCUT2D eigenvalue weighted by Gasteiger charge is 2.62. The van der Waals surface area contributed by atoms with Gasteiger partial charge in [-0.1, -0.05) is 28.4 Å². The van der Waals surface area contributed by atoms with Gasteiger partial charge in [-0.15, -0.1) is 0 Å². The third-order valence-electron chi connectivity index (χ3n) is 5.25. The average molecular weight is 506 g/mol. The van der Waals surface area contributed by atoms with Crippen LogP contribution in [0.4, 0.5) is 13.2 Å². The second kappa shape index (κ2) is 8.40. The van der Waals surface area contributed by atoms with Crippen molar-refractivity contribution in [3.8, 4) is 0 Å². The number of aromatic nitrogens is 1. The molecule has 1 amide bonds. The van der Waals surface area contributed by atoms with Crippen molar-refractivity contribution in [3.63, 3.8) is 0 Å². The van der Waals surface area contributed by atoms with Crippen LogP contribution in [0.25, 0.3) is 0 Å². The maximum atomic E-state index is 14.1. The maximum Gasteiger partial charge on any atom is 0.435 e. The highest BCUT2D eigenvalue weighted by molar-refractivity contribution is 7.92. The molecule has 1 saturated heterocycles. The van der Waals surface area contributed by atoms with Crippen molar-refractivity contribution in [2.24, 2.45) is 5.16 Å². The molecule has 0 bridgehead atoms. The number of halogens is 5. The molecule has 2 aromatic rings. The molecule has 2 aliphatic heterocycles. The quantitative estimate of drug-likeness (QED) is 0.632. The second-order valence-electron chi connectivity index (χ2n) is 7.62. The van der Waals surface area contributed by atoms with E-state index in [1.165, 1.54) is 18.3 Å². The fraction of sp³-hybridized carbons (Fsp3) is 0.350. The van der Waals surface area contributed by atoms with Crippen LogP contribution in [0.3, 0.4) is 0 Å². The summed E-state index contributed by atoms with van der Waals surface area (Å²) in [5.41, 5.74) is -2.10. The normalized spacial score (nSPS) is 25.0. The number of amides is 1. The Morgan fingerprint density at radius 2 is 1.91 bits per heavy atom. The SMILES string of the molecule is Cc1cc(C2=NOC(c3cc(Cl)cc(Cl)c3)(C(F)(F)F)C2)cnc1C(=O)NC1C[S+]([O-])C1. The predicted octanol–water partition coefficient (Wildman–Crippen LogP) is 4.14. The molecule has 6 nitrogen and oxygen atoms in total. The Morgan fingerprint density at radius 1 is 1.25 bits per heavy atom. The van der Waals surface area contributed by atoms with Gasteiger partial charge in [0.1, 0.15) is 23.2 Å². The van der Waals surface area contributed by atoms with E-state index < -0.39 is 35.3 Å². The van der Waals surface area contributed by atoms with Crippen molar-refractivity contribution in [3.05, 3.63) is 62.9 Å². The van der Waals surface area contributed by atoms with Gasteiger partial charge in [0.05, 0.1) is 12.1 Å². The van der Waals surface area contributed by atoms with Crippen LogP contribution in [-0.4, -0.2) is 44.9 Å². The zero-order valence-electron chi connectivity index (χ0n) is 16.5. The number of alkyl halides is 3. The highest BCUT2D eigenvalue weighted by Crippen LogP contribution is 2.49. The fourth-order valence-electron chi connectivity index (χ4n) is 3.55. The van der Waals surface area contributed by atoms with Crippen LogP contribution in [0.5, 0.6) is 0 Å². The van der Waals surface area contributed by atoms with Crippen LogP contribution in [0, 0.1) is 6.92 Å². The molecule has 1 aromatic carbocycles. The van der Waals surface area contributed by atoms with Crippen molar-refractivity contribution in [2.75, 3.05) is 11.5 Å². The number of hydrogen-bond acceptors (Lipinski definition) is 5. The van der Waals surface area contributed by atoms with Gasteiger partial charge >= 0.3 is 6.18 Å². The van der Waals surface area contributed by atoms with E-state index in [2.05, 4.69) is 15.5 Å². The van der Waals surface area contributed by atoms with Crippen molar-refractivity contribution in [1.29, 1.82) is 0 Å². The van der Waals surface area contributed by atoms with Gasteiger partial charge in [-0.2, -0.15) is 13.2 Å². The Balaban J connectivity index is 1.58. The molecule has 2 aliphatic rings. The van der Waals surface area contributed by atoms with Crippen molar-refractivity contribution in [2.45, 2.75) is 31.2 Å². The van der Waals surface area contributed by atoms with Crippen molar-refractivity contribution >= 4 is 46.0 Å². The first-order valence-corrected chi connectivity index (χ1v) is 11.6. The van der Waals surface area contributed by atoms with Crippen LogP contribution < -0.4 is 5.32 Å².